The van der Waals surface area contributed by atoms with E-state index in [-0.39, 0.29) is 5.91 Å². The first-order chi connectivity index (χ1) is 10.9. The zero-order chi connectivity index (χ0) is 17.4. The number of thiophene rings is 1. The smallest absolute Gasteiger partial charge is 0.326 e. The van der Waals surface area contributed by atoms with Crippen molar-refractivity contribution in [3.05, 3.63) is 16.5 Å². The summed E-state index contributed by atoms with van der Waals surface area (Å²) >= 11 is 1.31. The van der Waals surface area contributed by atoms with Crippen LogP contribution in [-0.2, 0) is 9.59 Å². The van der Waals surface area contributed by atoms with Gasteiger partial charge in [-0.3, -0.25) is 9.59 Å². The number of aryl methyl sites for hydroxylation is 1. The van der Waals surface area contributed by atoms with E-state index in [1.54, 1.807) is 6.07 Å². The average Bonchev–Trinajstić information content (AvgIpc) is 2.85. The Morgan fingerprint density at radius 1 is 1.26 bits per heavy atom. The number of anilines is 1. The van der Waals surface area contributed by atoms with Crippen molar-refractivity contribution in [3.63, 3.8) is 0 Å². The van der Waals surface area contributed by atoms with E-state index in [1.165, 1.54) is 11.3 Å². The van der Waals surface area contributed by atoms with Gasteiger partial charge in [-0.15, -0.1) is 11.3 Å². The minimum Gasteiger partial charge on any atom is -0.480 e. The van der Waals surface area contributed by atoms with Gasteiger partial charge in [-0.25, -0.2) is 4.79 Å². The van der Waals surface area contributed by atoms with Crippen LogP contribution in [-0.4, -0.2) is 28.9 Å². The van der Waals surface area contributed by atoms with Crippen LogP contribution in [0.3, 0.4) is 0 Å². The number of amides is 2. The number of hydrogen-bond donors (Lipinski definition) is 3. The second-order valence-corrected chi connectivity index (χ2v) is 6.66. The molecule has 0 bridgehead atoms. The third-order valence-electron chi connectivity index (χ3n) is 3.29. The van der Waals surface area contributed by atoms with Crippen molar-refractivity contribution < 1.29 is 19.5 Å². The summed E-state index contributed by atoms with van der Waals surface area (Å²) in [5, 5.41) is 14.9. The second kappa shape index (κ2) is 9.29. The normalized spacial score (nSPS) is 11.8. The number of nitrogens with one attached hydrogen (secondary N) is 2. The zero-order valence-electron chi connectivity index (χ0n) is 13.8. The van der Waals surface area contributed by atoms with E-state index in [1.807, 2.05) is 20.8 Å². The Hall–Kier alpha value is -1.89. The fraction of sp³-hybridized carbons (Fsp3) is 0.562. The van der Waals surface area contributed by atoms with Crippen molar-refractivity contribution in [2.75, 3.05) is 5.32 Å². The third-order valence-corrected chi connectivity index (χ3v) is 4.26. The highest BCUT2D eigenvalue weighted by Crippen LogP contribution is 2.28. The summed E-state index contributed by atoms with van der Waals surface area (Å²) in [4.78, 5) is 36.2. The highest BCUT2D eigenvalue weighted by Gasteiger charge is 2.23. The Labute approximate surface area is 140 Å². The summed E-state index contributed by atoms with van der Waals surface area (Å²) in [6, 6.07) is 0.747. The molecule has 1 heterocycles. The second-order valence-electron chi connectivity index (χ2n) is 5.40. The van der Waals surface area contributed by atoms with Crippen molar-refractivity contribution in [1.29, 1.82) is 0 Å². The van der Waals surface area contributed by atoms with Gasteiger partial charge in [-0.2, -0.15) is 0 Å². The number of hydrogen-bond acceptors (Lipinski definition) is 4. The standard InChI is InChI=1S/C16H24N2O4S/c1-4-6-8-13(19)18-15-11(9-10(3)23-15)14(20)17-12(7-5-2)16(21)22/h9,12H,4-8H2,1-3H3,(H,17,20)(H,18,19)(H,21,22). The van der Waals surface area contributed by atoms with E-state index >= 15 is 0 Å². The predicted molar refractivity (Wildman–Crippen MR) is 91.0 cm³/mol. The summed E-state index contributed by atoms with van der Waals surface area (Å²) in [6.45, 7) is 5.70. The number of carboxylic acids is 1. The summed E-state index contributed by atoms with van der Waals surface area (Å²) < 4.78 is 0. The Morgan fingerprint density at radius 2 is 1.96 bits per heavy atom. The Balaban J connectivity index is 2.84. The molecular weight excluding hydrogens is 316 g/mol. The molecule has 6 nitrogen and oxygen atoms in total. The quantitative estimate of drug-likeness (QED) is 0.643. The number of carbonyl (C=O) groups is 3. The summed E-state index contributed by atoms with van der Waals surface area (Å²) in [6.07, 6.45) is 3.13. The number of unbranched alkanes of at least 4 members (excludes halogenated alkanes) is 1. The average molecular weight is 340 g/mol. The minimum atomic E-state index is -1.05. The predicted octanol–water partition coefficient (Wildman–Crippen LogP) is 3.17. The number of carboxylic acid groups (broad SMARTS) is 1. The van der Waals surface area contributed by atoms with Gasteiger partial charge in [0, 0.05) is 11.3 Å². The first-order valence-corrected chi connectivity index (χ1v) is 8.64. The molecule has 1 aromatic rings. The third kappa shape index (κ3) is 6.02. The van der Waals surface area contributed by atoms with Crippen LogP contribution in [0.4, 0.5) is 5.00 Å². The molecule has 0 aliphatic heterocycles. The van der Waals surface area contributed by atoms with E-state index < -0.39 is 17.9 Å². The lowest BCUT2D eigenvalue weighted by atomic mass is 10.1. The highest BCUT2D eigenvalue weighted by molar-refractivity contribution is 7.16. The lowest BCUT2D eigenvalue weighted by molar-refractivity contribution is -0.139. The molecule has 0 saturated carbocycles. The molecule has 128 valence electrons. The molecule has 0 aliphatic rings. The Bertz CT molecular complexity index is 568. The molecule has 3 N–H and O–H groups in total. The van der Waals surface area contributed by atoms with E-state index in [0.717, 1.165) is 17.7 Å². The van der Waals surface area contributed by atoms with E-state index in [2.05, 4.69) is 10.6 Å². The van der Waals surface area contributed by atoms with Crippen molar-refractivity contribution in [3.8, 4) is 0 Å². The van der Waals surface area contributed by atoms with Crippen LogP contribution in [0.25, 0.3) is 0 Å². The lowest BCUT2D eigenvalue weighted by Crippen LogP contribution is -2.40. The largest absolute Gasteiger partial charge is 0.480 e. The lowest BCUT2D eigenvalue weighted by Gasteiger charge is -2.14. The van der Waals surface area contributed by atoms with E-state index in [0.29, 0.717) is 29.8 Å². The SMILES string of the molecule is CCCCC(=O)Nc1sc(C)cc1C(=O)NC(CCC)C(=O)O. The molecule has 1 rings (SSSR count). The molecule has 0 radical (unpaired) electrons. The fourth-order valence-electron chi connectivity index (χ4n) is 2.08. The molecule has 0 aromatic carbocycles. The molecule has 1 aromatic heterocycles. The number of carbonyl (C=O) groups excluding carboxylic acids is 2. The molecule has 0 spiro atoms. The van der Waals surface area contributed by atoms with Crippen molar-refractivity contribution in [2.45, 2.75) is 58.9 Å². The van der Waals surface area contributed by atoms with Crippen LogP contribution in [0.1, 0.15) is 61.2 Å². The zero-order valence-corrected chi connectivity index (χ0v) is 14.6. The van der Waals surface area contributed by atoms with Crippen LogP contribution in [0, 0.1) is 6.92 Å². The van der Waals surface area contributed by atoms with Gasteiger partial charge in [0.1, 0.15) is 11.0 Å². The van der Waals surface area contributed by atoms with Gasteiger partial charge >= 0.3 is 5.97 Å². The van der Waals surface area contributed by atoms with Gasteiger partial charge in [-0.1, -0.05) is 26.7 Å². The van der Waals surface area contributed by atoms with Crippen molar-refractivity contribution in [2.24, 2.45) is 0 Å². The number of rotatable bonds is 9. The molecule has 2 amide bonds. The molecule has 0 fully saturated rings. The fourth-order valence-corrected chi connectivity index (χ4v) is 3.01. The van der Waals surface area contributed by atoms with Crippen molar-refractivity contribution in [1.82, 2.24) is 5.32 Å². The topological polar surface area (TPSA) is 95.5 Å². The van der Waals surface area contributed by atoms with Gasteiger partial charge < -0.3 is 15.7 Å². The highest BCUT2D eigenvalue weighted by atomic mass is 32.1. The van der Waals surface area contributed by atoms with Gasteiger partial charge in [0.15, 0.2) is 0 Å². The molecule has 1 atom stereocenters. The first-order valence-electron chi connectivity index (χ1n) is 7.82. The molecule has 0 saturated heterocycles. The maximum Gasteiger partial charge on any atom is 0.326 e. The molecule has 23 heavy (non-hydrogen) atoms. The summed E-state index contributed by atoms with van der Waals surface area (Å²) in [7, 11) is 0. The first kappa shape index (κ1) is 19.2. The van der Waals surface area contributed by atoms with Gasteiger partial charge in [0.2, 0.25) is 5.91 Å². The maximum atomic E-state index is 12.3. The Kier molecular flexibility index (Phi) is 7.74. The minimum absolute atomic E-state index is 0.133. The molecule has 1 unspecified atom stereocenters. The van der Waals surface area contributed by atoms with Crippen LogP contribution < -0.4 is 10.6 Å². The molecule has 0 aliphatic carbocycles. The van der Waals surface area contributed by atoms with Crippen LogP contribution in [0.2, 0.25) is 0 Å². The maximum absolute atomic E-state index is 12.3. The van der Waals surface area contributed by atoms with Gasteiger partial charge in [0.25, 0.3) is 5.91 Å². The van der Waals surface area contributed by atoms with E-state index in [9.17, 15) is 14.4 Å². The molecular formula is C16H24N2O4S. The summed E-state index contributed by atoms with van der Waals surface area (Å²) in [5.41, 5.74) is 0.319. The summed E-state index contributed by atoms with van der Waals surface area (Å²) in [5.74, 6) is -1.66. The van der Waals surface area contributed by atoms with Crippen LogP contribution in [0.5, 0.6) is 0 Å². The number of aliphatic carboxylic acids is 1. The van der Waals surface area contributed by atoms with Crippen LogP contribution >= 0.6 is 11.3 Å². The molecule has 7 heteroatoms. The monoisotopic (exact) mass is 340 g/mol. The van der Waals surface area contributed by atoms with Crippen LogP contribution in [0.15, 0.2) is 6.07 Å². The Morgan fingerprint density at radius 3 is 2.52 bits per heavy atom. The van der Waals surface area contributed by atoms with Crippen molar-refractivity contribution >= 4 is 34.1 Å². The van der Waals surface area contributed by atoms with E-state index in [4.69, 9.17) is 5.11 Å². The van der Waals surface area contributed by atoms with Gasteiger partial charge in [-0.05, 0) is 25.8 Å². The van der Waals surface area contributed by atoms with Gasteiger partial charge in [0.05, 0.1) is 5.56 Å².